The first-order valence-electron chi connectivity index (χ1n) is 21.2. The van der Waals surface area contributed by atoms with Crippen molar-refractivity contribution in [1.82, 2.24) is 14.4 Å². The van der Waals surface area contributed by atoms with Gasteiger partial charge in [-0.25, -0.2) is 19.4 Å². The molecule has 9 rings (SSSR count). The Morgan fingerprint density at radius 3 is 1.72 bits per heavy atom. The van der Waals surface area contributed by atoms with Gasteiger partial charge in [0.2, 0.25) is 5.78 Å². The minimum Gasteiger partial charge on any atom is -0.497 e. The number of para-hydroxylation sites is 4. The van der Waals surface area contributed by atoms with E-state index in [-0.39, 0.29) is 28.6 Å². The molecule has 0 aliphatic carbocycles. The number of hydrogen-bond donors (Lipinski definition) is 0. The predicted octanol–water partition coefficient (Wildman–Crippen LogP) is 10.5. The lowest BCUT2D eigenvalue weighted by atomic mass is 10.1. The Kier molecular flexibility index (Phi) is 12.0. The Labute approximate surface area is 371 Å². The van der Waals surface area contributed by atoms with E-state index < -0.39 is 18.0 Å². The number of anilines is 4. The van der Waals surface area contributed by atoms with Gasteiger partial charge in [0.05, 0.1) is 29.9 Å². The number of carbonyl (C=O) groups excluding carboxylic acids is 3. The number of rotatable bonds is 11. The molecular formula is C52H47N5O7. The van der Waals surface area contributed by atoms with Crippen LogP contribution in [0.25, 0.3) is 17.0 Å². The molecule has 7 aromatic rings. The first-order chi connectivity index (χ1) is 31.2. The minimum absolute atomic E-state index is 0.00939. The van der Waals surface area contributed by atoms with E-state index in [0.717, 1.165) is 61.4 Å². The van der Waals surface area contributed by atoms with Crippen molar-refractivity contribution >= 4 is 57.7 Å². The van der Waals surface area contributed by atoms with Crippen molar-refractivity contribution < 1.29 is 33.3 Å². The maximum atomic E-state index is 14.7. The summed E-state index contributed by atoms with van der Waals surface area (Å²) in [5, 5.41) is 0.889. The first-order valence-corrected chi connectivity index (χ1v) is 21.2. The van der Waals surface area contributed by atoms with E-state index in [0.29, 0.717) is 28.5 Å². The number of amides is 2. The van der Waals surface area contributed by atoms with E-state index in [2.05, 4.69) is 21.4 Å². The van der Waals surface area contributed by atoms with Crippen LogP contribution < -0.4 is 28.7 Å². The molecule has 64 heavy (non-hydrogen) atoms. The Hall–Kier alpha value is -7.67. The summed E-state index contributed by atoms with van der Waals surface area (Å²) in [6, 6.07) is 45.1. The van der Waals surface area contributed by atoms with Crippen molar-refractivity contribution in [3.8, 4) is 23.0 Å². The highest BCUT2D eigenvalue weighted by Crippen LogP contribution is 2.44. The Morgan fingerprint density at radius 2 is 1.19 bits per heavy atom. The van der Waals surface area contributed by atoms with E-state index in [4.69, 9.17) is 18.9 Å². The summed E-state index contributed by atoms with van der Waals surface area (Å²) in [4.78, 5) is 51.0. The molecule has 0 spiro atoms. The van der Waals surface area contributed by atoms with Crippen LogP contribution in [0.5, 0.6) is 23.0 Å². The van der Waals surface area contributed by atoms with Crippen LogP contribution in [0.4, 0.5) is 32.3 Å². The van der Waals surface area contributed by atoms with Crippen molar-refractivity contribution in [2.45, 2.75) is 13.5 Å². The van der Waals surface area contributed by atoms with Gasteiger partial charge in [-0.2, -0.15) is 0 Å². The third-order valence-corrected chi connectivity index (χ3v) is 11.6. The van der Waals surface area contributed by atoms with Gasteiger partial charge in [0.1, 0.15) is 22.8 Å². The van der Waals surface area contributed by atoms with Crippen molar-refractivity contribution in [3.63, 3.8) is 0 Å². The fraction of sp³-hybridized carbons (Fsp3) is 0.173. The number of ketones is 1. The molecule has 0 radical (unpaired) electrons. The van der Waals surface area contributed by atoms with Crippen molar-refractivity contribution in [1.29, 1.82) is 0 Å². The molecule has 0 atom stereocenters. The van der Waals surface area contributed by atoms with Crippen molar-refractivity contribution in [2.24, 2.45) is 0 Å². The monoisotopic (exact) mass is 853 g/mol. The van der Waals surface area contributed by atoms with Crippen LogP contribution in [0.1, 0.15) is 21.6 Å². The van der Waals surface area contributed by atoms with Gasteiger partial charge < -0.3 is 28.4 Å². The van der Waals surface area contributed by atoms with Gasteiger partial charge in [-0.1, -0.05) is 72.8 Å². The SMILES string of the molecule is COc1ccc2c(c1)c(C=C1Oc3cc(OC(=O)N(c4ccccc4)c4ccccc4)cc(OC(=O)N(c4ccccc4)c4ccccc4)c3C1=O)c(C)n2CCN1CCN(C)CC1. The van der Waals surface area contributed by atoms with Gasteiger partial charge in [0.15, 0.2) is 11.5 Å². The maximum Gasteiger partial charge on any atom is 0.424 e. The molecule has 1 aromatic heterocycles. The zero-order chi connectivity index (χ0) is 44.2. The molecule has 6 aromatic carbocycles. The molecule has 2 aliphatic rings. The summed E-state index contributed by atoms with van der Waals surface area (Å²) in [7, 11) is 3.77. The number of aromatic nitrogens is 1. The standard InChI is InChI=1S/C52H47N5O7/c1-36-43(44-32-41(61-3)24-25-45(44)55(36)31-30-54-28-26-53(2)27-29-54)35-48-50(58)49-46(63-48)33-42(62-51(59)56(37-16-8-4-9-17-37)38-18-10-5-11-19-38)34-47(49)64-52(60)57(39-20-12-6-13-21-39)40-22-14-7-15-23-40/h4-25,32-35H,26-31H2,1-3H3. The summed E-state index contributed by atoms with van der Waals surface area (Å²) >= 11 is 0. The fourth-order valence-corrected chi connectivity index (χ4v) is 8.24. The Bertz CT molecular complexity index is 2760. The van der Waals surface area contributed by atoms with Gasteiger partial charge in [-0.05, 0) is 86.8 Å². The number of benzene rings is 6. The van der Waals surface area contributed by atoms with Gasteiger partial charge >= 0.3 is 12.2 Å². The second-order valence-corrected chi connectivity index (χ2v) is 15.7. The number of allylic oxidation sites excluding steroid dienone is 1. The van der Waals surface area contributed by atoms with Crippen molar-refractivity contribution in [2.75, 3.05) is 56.7 Å². The van der Waals surface area contributed by atoms with E-state index >= 15 is 0 Å². The van der Waals surface area contributed by atoms with Crippen LogP contribution in [-0.2, 0) is 6.54 Å². The lowest BCUT2D eigenvalue weighted by Crippen LogP contribution is -2.45. The molecule has 1 saturated heterocycles. The van der Waals surface area contributed by atoms with Crippen LogP contribution in [-0.4, -0.2) is 79.2 Å². The summed E-state index contributed by atoms with van der Waals surface area (Å²) in [6.45, 7) is 7.68. The highest BCUT2D eigenvalue weighted by Gasteiger charge is 2.36. The van der Waals surface area contributed by atoms with Gasteiger partial charge in [-0.3, -0.25) is 9.69 Å². The largest absolute Gasteiger partial charge is 0.497 e. The molecule has 1 fully saturated rings. The average Bonchev–Trinajstić information content (AvgIpc) is 3.78. The number of hydrogen-bond acceptors (Lipinski definition) is 9. The number of nitrogens with zero attached hydrogens (tertiary/aromatic N) is 5. The molecule has 2 amide bonds. The van der Waals surface area contributed by atoms with E-state index in [9.17, 15) is 14.4 Å². The molecule has 12 heteroatoms. The quantitative estimate of drug-likeness (QED) is 0.118. The number of piperazine rings is 1. The van der Waals surface area contributed by atoms with Crippen molar-refractivity contribution in [3.05, 3.63) is 174 Å². The molecule has 322 valence electrons. The topological polar surface area (TPSA) is 106 Å². The highest BCUT2D eigenvalue weighted by atomic mass is 16.6. The molecular weight excluding hydrogens is 807 g/mol. The van der Waals surface area contributed by atoms with E-state index in [1.165, 1.54) is 21.9 Å². The lowest BCUT2D eigenvalue weighted by molar-refractivity contribution is 0.101. The smallest absolute Gasteiger partial charge is 0.424 e. The number of ether oxygens (including phenoxy) is 4. The van der Waals surface area contributed by atoms with Crippen LogP contribution in [0.2, 0.25) is 0 Å². The summed E-state index contributed by atoms with van der Waals surface area (Å²) < 4.78 is 26.6. The van der Waals surface area contributed by atoms with Crippen LogP contribution in [0.15, 0.2) is 157 Å². The second kappa shape index (κ2) is 18.4. The third-order valence-electron chi connectivity index (χ3n) is 11.6. The predicted molar refractivity (Wildman–Crippen MR) is 249 cm³/mol. The number of Topliss-reactive ketones (excluding diaryl/α,β-unsaturated/α-hetero) is 1. The van der Waals surface area contributed by atoms with Crippen LogP contribution >= 0.6 is 0 Å². The summed E-state index contributed by atoms with van der Waals surface area (Å²) in [5.74, 6) is 0.0950. The molecule has 2 aliphatic heterocycles. The Morgan fingerprint density at radius 1 is 0.656 bits per heavy atom. The number of methoxy groups -OCH3 is 1. The van der Waals surface area contributed by atoms with Gasteiger partial charge in [0.25, 0.3) is 0 Å². The van der Waals surface area contributed by atoms with E-state index in [1.807, 2.05) is 97.9 Å². The highest BCUT2D eigenvalue weighted by molar-refractivity contribution is 6.17. The van der Waals surface area contributed by atoms with E-state index in [1.54, 1.807) is 61.7 Å². The second-order valence-electron chi connectivity index (χ2n) is 15.7. The van der Waals surface area contributed by atoms with Crippen LogP contribution in [0, 0.1) is 6.92 Å². The number of likely N-dealkylation sites (N-methyl/N-ethyl adjacent to an activating group) is 1. The molecule has 0 bridgehead atoms. The number of fused-ring (bicyclic) bond motifs is 2. The zero-order valence-corrected chi connectivity index (χ0v) is 35.8. The molecule has 0 N–H and O–H groups in total. The molecule has 3 heterocycles. The average molecular weight is 854 g/mol. The first kappa shape index (κ1) is 41.7. The summed E-state index contributed by atoms with van der Waals surface area (Å²) in [6.07, 6.45) is 0.198. The Balaban J connectivity index is 1.11. The maximum absolute atomic E-state index is 14.7. The summed E-state index contributed by atoms with van der Waals surface area (Å²) in [5.41, 5.74) is 4.95. The van der Waals surface area contributed by atoms with Gasteiger partial charge in [0, 0.05) is 73.6 Å². The zero-order valence-electron chi connectivity index (χ0n) is 35.8. The normalized spacial score (nSPS) is 14.5. The number of carbonyl (C=O) groups is 3. The minimum atomic E-state index is -0.796. The van der Waals surface area contributed by atoms with Crippen LogP contribution in [0.3, 0.4) is 0 Å². The van der Waals surface area contributed by atoms with Gasteiger partial charge in [-0.15, -0.1) is 0 Å². The lowest BCUT2D eigenvalue weighted by Gasteiger charge is -2.32. The fourth-order valence-electron chi connectivity index (χ4n) is 8.24. The third kappa shape index (κ3) is 8.56. The molecule has 12 nitrogen and oxygen atoms in total. The molecule has 0 saturated carbocycles. The molecule has 0 unspecified atom stereocenters.